The Balaban J connectivity index is 1.76. The molecular formula is C19H22ClNO2. The highest BCUT2D eigenvalue weighted by Crippen LogP contribution is 2.15. The summed E-state index contributed by atoms with van der Waals surface area (Å²) in [6, 6.07) is 15.4. The van der Waals surface area contributed by atoms with E-state index in [-0.39, 0.29) is 12.0 Å². The predicted octanol–water partition coefficient (Wildman–Crippen LogP) is 4.03. The summed E-state index contributed by atoms with van der Waals surface area (Å²) < 4.78 is 5.61. The molecule has 4 heteroatoms. The molecule has 0 spiro atoms. The number of rotatable bonds is 7. The van der Waals surface area contributed by atoms with Crippen molar-refractivity contribution >= 4 is 17.5 Å². The maximum atomic E-state index is 11.9. The molecule has 23 heavy (non-hydrogen) atoms. The van der Waals surface area contributed by atoms with Gasteiger partial charge < -0.3 is 10.1 Å². The van der Waals surface area contributed by atoms with Crippen molar-refractivity contribution in [1.82, 2.24) is 5.32 Å². The second-order valence-electron chi connectivity index (χ2n) is 5.68. The second kappa shape index (κ2) is 8.59. The first kappa shape index (κ1) is 17.4. The van der Waals surface area contributed by atoms with Crippen LogP contribution in [0.1, 0.15) is 25.0 Å². The monoisotopic (exact) mass is 331 g/mol. The third kappa shape index (κ3) is 5.95. The molecule has 3 nitrogen and oxygen atoms in total. The largest absolute Gasteiger partial charge is 0.491 e. The number of benzene rings is 2. The molecule has 0 aliphatic carbocycles. The summed E-state index contributed by atoms with van der Waals surface area (Å²) >= 11 is 6.06. The Morgan fingerprint density at radius 1 is 1.13 bits per heavy atom. The van der Waals surface area contributed by atoms with Gasteiger partial charge in [-0.1, -0.05) is 41.9 Å². The fraction of sp³-hybridized carbons (Fsp3) is 0.316. The molecule has 2 aromatic carbocycles. The third-order valence-corrected chi connectivity index (χ3v) is 3.71. The Hall–Kier alpha value is -2.00. The number of amides is 1. The molecule has 0 atom stereocenters. The number of halogens is 1. The molecule has 1 amide bonds. The summed E-state index contributed by atoms with van der Waals surface area (Å²) in [7, 11) is 0. The van der Waals surface area contributed by atoms with Gasteiger partial charge in [0.1, 0.15) is 5.75 Å². The molecular weight excluding hydrogens is 310 g/mol. The van der Waals surface area contributed by atoms with E-state index in [2.05, 4.69) is 5.32 Å². The van der Waals surface area contributed by atoms with Crippen molar-refractivity contribution in [1.29, 1.82) is 0 Å². The SMILES string of the molecule is CC(C)Oc1ccc(CCNC(=O)Cc2ccccc2Cl)cc1. The quantitative estimate of drug-likeness (QED) is 0.832. The molecule has 1 N–H and O–H groups in total. The summed E-state index contributed by atoms with van der Waals surface area (Å²) in [5.41, 5.74) is 2.01. The lowest BCUT2D eigenvalue weighted by atomic mass is 10.1. The van der Waals surface area contributed by atoms with Crippen molar-refractivity contribution in [2.75, 3.05) is 6.54 Å². The van der Waals surface area contributed by atoms with Gasteiger partial charge in [0.2, 0.25) is 5.91 Å². The summed E-state index contributed by atoms with van der Waals surface area (Å²) in [4.78, 5) is 11.9. The minimum atomic E-state index is -0.0159. The molecule has 0 saturated heterocycles. The second-order valence-corrected chi connectivity index (χ2v) is 6.09. The lowest BCUT2D eigenvalue weighted by Crippen LogP contribution is -2.27. The predicted molar refractivity (Wildman–Crippen MR) is 94.1 cm³/mol. The molecule has 0 bridgehead atoms. The number of carbonyl (C=O) groups excluding carboxylic acids is 1. The van der Waals surface area contributed by atoms with Crippen LogP contribution in [-0.2, 0) is 17.6 Å². The van der Waals surface area contributed by atoms with Crippen molar-refractivity contribution in [2.24, 2.45) is 0 Å². The average Bonchev–Trinajstić information content (AvgIpc) is 2.51. The highest BCUT2D eigenvalue weighted by atomic mass is 35.5. The minimum Gasteiger partial charge on any atom is -0.491 e. The van der Waals surface area contributed by atoms with Crippen LogP contribution < -0.4 is 10.1 Å². The Bertz CT molecular complexity index is 638. The minimum absolute atomic E-state index is 0.0159. The first-order chi connectivity index (χ1) is 11.0. The molecule has 2 rings (SSSR count). The van der Waals surface area contributed by atoms with Crippen LogP contribution >= 0.6 is 11.6 Å². The number of ether oxygens (including phenoxy) is 1. The zero-order valence-electron chi connectivity index (χ0n) is 13.5. The van der Waals surface area contributed by atoms with Crippen LogP contribution in [0.2, 0.25) is 5.02 Å². The Morgan fingerprint density at radius 3 is 2.48 bits per heavy atom. The van der Waals surface area contributed by atoms with E-state index in [0.717, 1.165) is 17.7 Å². The lowest BCUT2D eigenvalue weighted by molar-refractivity contribution is -0.120. The first-order valence-corrected chi connectivity index (χ1v) is 8.18. The molecule has 122 valence electrons. The van der Waals surface area contributed by atoms with Crippen LogP contribution in [0.3, 0.4) is 0 Å². The van der Waals surface area contributed by atoms with Gasteiger partial charge in [-0.25, -0.2) is 0 Å². The van der Waals surface area contributed by atoms with Gasteiger partial charge in [-0.05, 0) is 49.6 Å². The van der Waals surface area contributed by atoms with Gasteiger partial charge in [-0.2, -0.15) is 0 Å². The molecule has 0 radical (unpaired) electrons. The Kier molecular flexibility index (Phi) is 6.48. The van der Waals surface area contributed by atoms with Gasteiger partial charge >= 0.3 is 0 Å². The zero-order valence-corrected chi connectivity index (χ0v) is 14.3. The molecule has 2 aromatic rings. The zero-order chi connectivity index (χ0) is 16.7. The summed E-state index contributed by atoms with van der Waals surface area (Å²) in [6.45, 7) is 4.61. The van der Waals surface area contributed by atoms with E-state index in [1.54, 1.807) is 6.07 Å². The van der Waals surface area contributed by atoms with Crippen molar-refractivity contribution in [3.63, 3.8) is 0 Å². The van der Waals surface area contributed by atoms with E-state index in [1.165, 1.54) is 5.56 Å². The van der Waals surface area contributed by atoms with Crippen molar-refractivity contribution in [3.8, 4) is 5.75 Å². The maximum absolute atomic E-state index is 11.9. The Morgan fingerprint density at radius 2 is 1.83 bits per heavy atom. The fourth-order valence-corrected chi connectivity index (χ4v) is 2.43. The van der Waals surface area contributed by atoms with Crippen LogP contribution in [-0.4, -0.2) is 18.6 Å². The first-order valence-electron chi connectivity index (χ1n) is 7.80. The highest BCUT2D eigenvalue weighted by Gasteiger charge is 2.06. The van der Waals surface area contributed by atoms with Gasteiger partial charge in [0, 0.05) is 11.6 Å². The highest BCUT2D eigenvalue weighted by molar-refractivity contribution is 6.31. The van der Waals surface area contributed by atoms with Crippen molar-refractivity contribution < 1.29 is 9.53 Å². The van der Waals surface area contributed by atoms with E-state index in [9.17, 15) is 4.79 Å². The van der Waals surface area contributed by atoms with Crippen LogP contribution in [0, 0.1) is 0 Å². The van der Waals surface area contributed by atoms with Crippen LogP contribution in [0.25, 0.3) is 0 Å². The van der Waals surface area contributed by atoms with E-state index >= 15 is 0 Å². The molecule has 0 aliphatic heterocycles. The van der Waals surface area contributed by atoms with Gasteiger partial charge in [0.05, 0.1) is 12.5 Å². The van der Waals surface area contributed by atoms with Crippen LogP contribution in [0.4, 0.5) is 0 Å². The number of hydrogen-bond acceptors (Lipinski definition) is 2. The Labute approximate surface area is 142 Å². The molecule has 0 aromatic heterocycles. The van der Waals surface area contributed by atoms with E-state index in [4.69, 9.17) is 16.3 Å². The summed E-state index contributed by atoms with van der Waals surface area (Å²) in [6.07, 6.45) is 1.27. The third-order valence-electron chi connectivity index (χ3n) is 3.34. The average molecular weight is 332 g/mol. The van der Waals surface area contributed by atoms with Gasteiger partial charge in [-0.3, -0.25) is 4.79 Å². The van der Waals surface area contributed by atoms with Crippen molar-refractivity contribution in [2.45, 2.75) is 32.8 Å². The fourth-order valence-electron chi connectivity index (χ4n) is 2.23. The van der Waals surface area contributed by atoms with Gasteiger partial charge in [-0.15, -0.1) is 0 Å². The standard InChI is InChI=1S/C19H22ClNO2/c1-14(2)23-17-9-7-15(8-10-17)11-12-21-19(22)13-16-5-3-4-6-18(16)20/h3-10,14H,11-13H2,1-2H3,(H,21,22). The number of carbonyl (C=O) groups is 1. The van der Waals surface area contributed by atoms with Crippen LogP contribution in [0.5, 0.6) is 5.75 Å². The van der Waals surface area contributed by atoms with Crippen LogP contribution in [0.15, 0.2) is 48.5 Å². The van der Waals surface area contributed by atoms with E-state index in [0.29, 0.717) is 18.0 Å². The lowest BCUT2D eigenvalue weighted by Gasteiger charge is -2.10. The van der Waals surface area contributed by atoms with Crippen molar-refractivity contribution in [3.05, 3.63) is 64.7 Å². The molecule has 0 fully saturated rings. The van der Waals surface area contributed by atoms with Gasteiger partial charge in [0.15, 0.2) is 0 Å². The number of nitrogens with one attached hydrogen (secondary N) is 1. The molecule has 0 aliphatic rings. The normalized spacial score (nSPS) is 10.6. The van der Waals surface area contributed by atoms with Gasteiger partial charge in [0.25, 0.3) is 0 Å². The topological polar surface area (TPSA) is 38.3 Å². The summed E-state index contributed by atoms with van der Waals surface area (Å²) in [5, 5.41) is 3.55. The summed E-state index contributed by atoms with van der Waals surface area (Å²) in [5.74, 6) is 0.851. The van der Waals surface area contributed by atoms with E-state index in [1.807, 2.05) is 56.3 Å². The molecule has 0 saturated carbocycles. The molecule has 0 heterocycles. The molecule has 0 unspecified atom stereocenters. The maximum Gasteiger partial charge on any atom is 0.224 e. The van der Waals surface area contributed by atoms with E-state index < -0.39 is 0 Å². The number of hydrogen-bond donors (Lipinski definition) is 1. The smallest absolute Gasteiger partial charge is 0.224 e.